The second-order valence-electron chi connectivity index (χ2n) is 6.23. The Morgan fingerprint density at radius 1 is 1.35 bits per heavy atom. The molecule has 1 aromatic carbocycles. The van der Waals surface area contributed by atoms with Crippen LogP contribution in [0.25, 0.3) is 0 Å². The van der Waals surface area contributed by atoms with Crippen LogP contribution >= 0.6 is 0 Å². The van der Waals surface area contributed by atoms with Crippen molar-refractivity contribution in [3.05, 3.63) is 35.9 Å². The molecular weight excluding hydrogens is 254 g/mol. The minimum atomic E-state index is -0.512. The highest BCUT2D eigenvalue weighted by Gasteiger charge is 2.39. The first kappa shape index (κ1) is 14.9. The molecule has 0 aromatic heterocycles. The van der Waals surface area contributed by atoms with Crippen molar-refractivity contribution in [2.24, 2.45) is 0 Å². The van der Waals surface area contributed by atoms with Gasteiger partial charge >= 0.3 is 6.09 Å². The molecule has 4 heteroatoms. The molecule has 2 rings (SSSR count). The van der Waals surface area contributed by atoms with E-state index >= 15 is 0 Å². The molecule has 4 nitrogen and oxygen atoms in total. The van der Waals surface area contributed by atoms with Crippen LogP contribution in [0.15, 0.2) is 30.3 Å². The molecule has 1 heterocycles. The molecule has 1 unspecified atom stereocenters. The lowest BCUT2D eigenvalue weighted by Gasteiger charge is -2.29. The average Bonchev–Trinajstić information content (AvgIpc) is 2.81. The molecule has 1 aliphatic rings. The summed E-state index contributed by atoms with van der Waals surface area (Å²) in [4.78, 5) is 13.9. The van der Waals surface area contributed by atoms with Crippen molar-refractivity contribution in [1.82, 2.24) is 4.90 Å². The summed E-state index contributed by atoms with van der Waals surface area (Å²) in [7, 11) is 0. The molecule has 0 saturated carbocycles. The Morgan fingerprint density at radius 2 is 2.00 bits per heavy atom. The Balaban J connectivity index is 2.12. The molecule has 1 saturated heterocycles. The highest BCUT2D eigenvalue weighted by atomic mass is 16.6. The first-order valence-corrected chi connectivity index (χ1v) is 7.08. The summed E-state index contributed by atoms with van der Waals surface area (Å²) < 4.78 is 5.41. The normalized spacial score (nSPS) is 22.9. The number of hydrogen-bond donors (Lipinski definition) is 1. The topological polar surface area (TPSA) is 49.8 Å². The number of nitrogens with zero attached hydrogens (tertiary/aromatic N) is 1. The Morgan fingerprint density at radius 3 is 2.55 bits per heavy atom. The van der Waals surface area contributed by atoms with Gasteiger partial charge in [0.15, 0.2) is 0 Å². The third-order valence-electron chi connectivity index (χ3n) is 3.59. The van der Waals surface area contributed by atoms with Crippen molar-refractivity contribution >= 4 is 6.09 Å². The summed E-state index contributed by atoms with van der Waals surface area (Å²) in [6, 6.07) is 9.84. The van der Waals surface area contributed by atoms with E-state index in [0.29, 0.717) is 6.54 Å². The molecule has 1 aromatic rings. The van der Waals surface area contributed by atoms with Gasteiger partial charge in [-0.3, -0.25) is 0 Å². The fraction of sp³-hybridized carbons (Fsp3) is 0.562. The Hall–Kier alpha value is -1.55. The molecule has 20 heavy (non-hydrogen) atoms. The van der Waals surface area contributed by atoms with Crippen molar-refractivity contribution in [3.8, 4) is 0 Å². The number of hydrogen-bond acceptors (Lipinski definition) is 3. The molecule has 0 aliphatic carbocycles. The number of aliphatic hydroxyl groups is 1. The number of benzene rings is 1. The van der Waals surface area contributed by atoms with Gasteiger partial charge in [-0.05, 0) is 32.8 Å². The highest BCUT2D eigenvalue weighted by molar-refractivity contribution is 5.69. The molecule has 1 N–H and O–H groups in total. The minimum absolute atomic E-state index is 0.0429. The van der Waals surface area contributed by atoms with Crippen molar-refractivity contribution < 1.29 is 14.6 Å². The van der Waals surface area contributed by atoms with Crippen LogP contribution in [0.2, 0.25) is 0 Å². The molecule has 0 spiro atoms. The number of ether oxygens (including phenoxy) is 1. The van der Waals surface area contributed by atoms with Gasteiger partial charge in [0.1, 0.15) is 5.60 Å². The fourth-order valence-electron chi connectivity index (χ4n) is 2.72. The van der Waals surface area contributed by atoms with E-state index in [1.54, 1.807) is 4.90 Å². The summed E-state index contributed by atoms with van der Waals surface area (Å²) >= 11 is 0. The molecule has 1 fully saturated rings. The summed E-state index contributed by atoms with van der Waals surface area (Å²) in [6.45, 7) is 6.13. The lowest BCUT2D eigenvalue weighted by molar-refractivity contribution is 0.0165. The zero-order valence-electron chi connectivity index (χ0n) is 12.4. The molecule has 1 amide bonds. The van der Waals surface area contributed by atoms with Crippen LogP contribution in [-0.2, 0) is 4.74 Å². The van der Waals surface area contributed by atoms with E-state index in [1.165, 1.54) is 0 Å². The van der Waals surface area contributed by atoms with Gasteiger partial charge in [0.05, 0.1) is 12.6 Å². The number of aliphatic hydroxyl groups excluding tert-OH is 1. The maximum Gasteiger partial charge on any atom is 0.410 e. The van der Waals surface area contributed by atoms with Gasteiger partial charge in [-0.2, -0.15) is 0 Å². The van der Waals surface area contributed by atoms with E-state index < -0.39 is 5.60 Å². The highest BCUT2D eigenvalue weighted by Crippen LogP contribution is 2.34. The Labute approximate surface area is 120 Å². The Bertz CT molecular complexity index is 453. The summed E-state index contributed by atoms with van der Waals surface area (Å²) in [6.07, 6.45) is 0.518. The van der Waals surface area contributed by atoms with E-state index in [4.69, 9.17) is 4.74 Å². The third kappa shape index (κ3) is 3.31. The zero-order valence-corrected chi connectivity index (χ0v) is 12.4. The van der Waals surface area contributed by atoms with Gasteiger partial charge in [0.2, 0.25) is 0 Å². The Kier molecular flexibility index (Phi) is 4.33. The zero-order chi connectivity index (χ0) is 14.8. The summed E-state index contributed by atoms with van der Waals surface area (Å²) in [5.41, 5.74) is 0.652. The van der Waals surface area contributed by atoms with Crippen LogP contribution in [0.3, 0.4) is 0 Å². The smallest absolute Gasteiger partial charge is 0.410 e. The van der Waals surface area contributed by atoms with Crippen molar-refractivity contribution in [2.45, 2.75) is 44.8 Å². The number of amides is 1. The fourth-order valence-corrected chi connectivity index (χ4v) is 2.72. The number of likely N-dealkylation sites (tertiary alicyclic amines) is 1. The molecule has 110 valence electrons. The summed E-state index contributed by atoms with van der Waals surface area (Å²) in [5.74, 6) is 0.175. The SMILES string of the molecule is CC(C)(C)OC(=O)N1CCC(c2ccccc2)[C@@H]1CO. The van der Waals surface area contributed by atoms with Gasteiger partial charge in [-0.25, -0.2) is 4.79 Å². The second-order valence-corrected chi connectivity index (χ2v) is 6.23. The van der Waals surface area contributed by atoms with Gasteiger partial charge in [0.25, 0.3) is 0 Å². The van der Waals surface area contributed by atoms with Gasteiger partial charge in [0, 0.05) is 12.5 Å². The third-order valence-corrected chi connectivity index (χ3v) is 3.59. The molecule has 2 atom stereocenters. The van der Waals surface area contributed by atoms with Crippen LogP contribution in [0.4, 0.5) is 4.79 Å². The molecule has 0 bridgehead atoms. The van der Waals surface area contributed by atoms with Gasteiger partial charge in [-0.15, -0.1) is 0 Å². The standard InChI is InChI=1S/C16H23NO3/c1-16(2,3)20-15(19)17-10-9-13(14(17)11-18)12-7-5-4-6-8-12/h4-8,13-14,18H,9-11H2,1-3H3/t13?,14-/m0/s1. The van der Waals surface area contributed by atoms with E-state index in [1.807, 2.05) is 51.1 Å². The van der Waals surface area contributed by atoms with Crippen molar-refractivity contribution in [3.63, 3.8) is 0 Å². The predicted molar refractivity (Wildman–Crippen MR) is 77.6 cm³/mol. The first-order valence-electron chi connectivity index (χ1n) is 7.08. The lowest BCUT2D eigenvalue weighted by Crippen LogP contribution is -2.42. The molecular formula is C16H23NO3. The lowest BCUT2D eigenvalue weighted by atomic mass is 9.92. The van der Waals surface area contributed by atoms with Gasteiger partial charge < -0.3 is 14.7 Å². The predicted octanol–water partition coefficient (Wildman–Crippen LogP) is 2.77. The largest absolute Gasteiger partial charge is 0.444 e. The monoisotopic (exact) mass is 277 g/mol. The van der Waals surface area contributed by atoms with Gasteiger partial charge in [-0.1, -0.05) is 30.3 Å². The molecule has 0 radical (unpaired) electrons. The quantitative estimate of drug-likeness (QED) is 0.904. The maximum absolute atomic E-state index is 12.2. The van der Waals surface area contributed by atoms with E-state index in [-0.39, 0.29) is 24.7 Å². The maximum atomic E-state index is 12.2. The summed E-state index contributed by atoms with van der Waals surface area (Å²) in [5, 5.41) is 9.67. The van der Waals surface area contributed by atoms with Crippen LogP contribution in [-0.4, -0.2) is 40.9 Å². The first-order chi connectivity index (χ1) is 9.42. The van der Waals surface area contributed by atoms with E-state index in [2.05, 4.69) is 0 Å². The van der Waals surface area contributed by atoms with Crippen molar-refractivity contribution in [2.75, 3.05) is 13.2 Å². The molecule has 1 aliphatic heterocycles. The van der Waals surface area contributed by atoms with Crippen LogP contribution in [0.5, 0.6) is 0 Å². The number of rotatable bonds is 2. The second kappa shape index (κ2) is 5.83. The van der Waals surface area contributed by atoms with E-state index in [9.17, 15) is 9.90 Å². The van der Waals surface area contributed by atoms with E-state index in [0.717, 1.165) is 12.0 Å². The average molecular weight is 277 g/mol. The van der Waals surface area contributed by atoms with Crippen LogP contribution in [0.1, 0.15) is 38.7 Å². The van der Waals surface area contributed by atoms with Crippen LogP contribution in [0, 0.1) is 0 Å². The van der Waals surface area contributed by atoms with Crippen LogP contribution < -0.4 is 0 Å². The minimum Gasteiger partial charge on any atom is -0.444 e. The van der Waals surface area contributed by atoms with Crippen molar-refractivity contribution in [1.29, 1.82) is 0 Å². The number of carbonyl (C=O) groups is 1. The number of carbonyl (C=O) groups excluding carboxylic acids is 1.